The van der Waals surface area contributed by atoms with Gasteiger partial charge in [0, 0.05) is 0 Å². The molecule has 12 heavy (non-hydrogen) atoms. The molecule has 0 radical (unpaired) electrons. The van der Waals surface area contributed by atoms with Gasteiger partial charge in [0.15, 0.2) is 8.24 Å². The molecule has 0 bridgehead atoms. The second-order valence-electron chi connectivity index (χ2n) is 3.39. The molecular weight excluding hydrogens is 176 g/mol. The Balaban J connectivity index is 3.17. The smallest absolute Gasteiger partial charge is 0.374 e. The van der Waals surface area contributed by atoms with Crippen LogP contribution in [-0.4, -0.2) is 39.2 Å². The molecule has 1 N–H and O–H groups in total. The van der Waals surface area contributed by atoms with E-state index in [2.05, 4.69) is 15.5 Å². The van der Waals surface area contributed by atoms with Crippen molar-refractivity contribution in [3.05, 3.63) is 5.82 Å². The van der Waals surface area contributed by atoms with Gasteiger partial charge < -0.3 is 5.11 Å². The summed E-state index contributed by atoms with van der Waals surface area (Å²) in [7, 11) is -1.79. The molecule has 0 amide bonds. The SMILES string of the molecule is C[Si](C)(C)n1nnnc1C(=O)O. The molecule has 1 heterocycles. The molecule has 6 nitrogen and oxygen atoms in total. The van der Waals surface area contributed by atoms with Gasteiger partial charge in [-0.1, -0.05) is 5.21 Å². The number of nitrogens with zero attached hydrogens (tertiary/aromatic N) is 4. The number of rotatable bonds is 2. The summed E-state index contributed by atoms with van der Waals surface area (Å²) in [5, 5.41) is 19.1. The van der Waals surface area contributed by atoms with Gasteiger partial charge in [0.2, 0.25) is 0 Å². The van der Waals surface area contributed by atoms with E-state index in [1.165, 1.54) is 4.35 Å². The van der Waals surface area contributed by atoms with E-state index in [1.807, 2.05) is 19.6 Å². The van der Waals surface area contributed by atoms with E-state index in [0.29, 0.717) is 0 Å². The van der Waals surface area contributed by atoms with Crippen LogP contribution < -0.4 is 0 Å². The van der Waals surface area contributed by atoms with Crippen molar-refractivity contribution in [2.75, 3.05) is 0 Å². The lowest BCUT2D eigenvalue weighted by atomic mass is 10.7. The molecule has 0 aliphatic rings. The zero-order valence-corrected chi connectivity index (χ0v) is 8.14. The molecule has 0 aliphatic carbocycles. The third-order valence-corrected chi connectivity index (χ3v) is 2.87. The Labute approximate surface area is 70.3 Å². The van der Waals surface area contributed by atoms with Crippen LogP contribution in [-0.2, 0) is 0 Å². The minimum Gasteiger partial charge on any atom is -0.475 e. The summed E-state index contributed by atoms with van der Waals surface area (Å²) >= 11 is 0. The van der Waals surface area contributed by atoms with Crippen LogP contribution in [0.25, 0.3) is 0 Å². The Kier molecular flexibility index (Phi) is 1.97. The number of tetrazole rings is 1. The van der Waals surface area contributed by atoms with Crippen molar-refractivity contribution in [2.24, 2.45) is 0 Å². The Hall–Kier alpha value is -1.24. The normalized spacial score (nSPS) is 11.6. The highest BCUT2D eigenvalue weighted by Gasteiger charge is 2.25. The largest absolute Gasteiger partial charge is 0.475 e. The van der Waals surface area contributed by atoms with Crippen LogP contribution in [0, 0.1) is 0 Å². The molecule has 1 aromatic heterocycles. The lowest BCUT2D eigenvalue weighted by Gasteiger charge is -2.15. The molecule has 1 rings (SSSR count). The Bertz CT molecular complexity index is 303. The summed E-state index contributed by atoms with van der Waals surface area (Å²) in [4.78, 5) is 10.6. The molecule has 0 saturated carbocycles. The highest BCUT2D eigenvalue weighted by molar-refractivity contribution is 6.74. The first-order valence-electron chi connectivity index (χ1n) is 3.45. The van der Waals surface area contributed by atoms with E-state index in [9.17, 15) is 4.79 Å². The minimum atomic E-state index is -1.79. The van der Waals surface area contributed by atoms with Crippen LogP contribution in [0.3, 0.4) is 0 Å². The monoisotopic (exact) mass is 186 g/mol. The van der Waals surface area contributed by atoms with Crippen molar-refractivity contribution in [3.63, 3.8) is 0 Å². The fourth-order valence-electron chi connectivity index (χ4n) is 0.772. The zero-order valence-electron chi connectivity index (χ0n) is 7.14. The van der Waals surface area contributed by atoms with Crippen LogP contribution in [0.4, 0.5) is 0 Å². The van der Waals surface area contributed by atoms with Crippen molar-refractivity contribution in [2.45, 2.75) is 19.6 Å². The number of carboxylic acid groups (broad SMARTS) is 1. The number of aromatic nitrogens is 4. The summed E-state index contributed by atoms with van der Waals surface area (Å²) in [6, 6.07) is 0. The standard InChI is InChI=1S/C5H10N4O2Si/c1-12(2,3)9-4(5(10)11)6-7-8-9/h1-3H3,(H,10,11). The Morgan fingerprint density at radius 2 is 2.08 bits per heavy atom. The molecule has 7 heteroatoms. The van der Waals surface area contributed by atoms with Gasteiger partial charge in [-0.3, -0.25) is 4.35 Å². The average Bonchev–Trinajstić information content (AvgIpc) is 2.30. The van der Waals surface area contributed by atoms with Crippen LogP contribution in [0.5, 0.6) is 0 Å². The van der Waals surface area contributed by atoms with E-state index < -0.39 is 14.2 Å². The predicted molar refractivity (Wildman–Crippen MR) is 43.5 cm³/mol. The number of hydrogen-bond donors (Lipinski definition) is 1. The molecule has 0 spiro atoms. The van der Waals surface area contributed by atoms with E-state index in [0.717, 1.165) is 0 Å². The number of carboxylic acids is 1. The molecule has 0 unspecified atom stereocenters. The van der Waals surface area contributed by atoms with Gasteiger partial charge in [-0.25, -0.2) is 4.79 Å². The van der Waals surface area contributed by atoms with Gasteiger partial charge in [-0.15, -0.1) is 5.10 Å². The maximum atomic E-state index is 10.6. The predicted octanol–water partition coefficient (Wildman–Crippen LogP) is 0.0543. The first-order chi connectivity index (χ1) is 5.43. The van der Waals surface area contributed by atoms with Gasteiger partial charge in [-0.05, 0) is 24.9 Å². The molecule has 0 aromatic carbocycles. The highest BCUT2D eigenvalue weighted by atomic mass is 28.3. The topological polar surface area (TPSA) is 80.9 Å². The van der Waals surface area contributed by atoms with Crippen molar-refractivity contribution < 1.29 is 9.90 Å². The Morgan fingerprint density at radius 1 is 1.50 bits per heavy atom. The van der Waals surface area contributed by atoms with Crippen molar-refractivity contribution in [1.82, 2.24) is 19.9 Å². The first kappa shape index (κ1) is 8.85. The third-order valence-electron chi connectivity index (χ3n) is 1.30. The molecule has 1 aromatic rings. The van der Waals surface area contributed by atoms with Gasteiger partial charge in [0.05, 0.1) is 0 Å². The van der Waals surface area contributed by atoms with E-state index in [4.69, 9.17) is 5.11 Å². The quantitative estimate of drug-likeness (QED) is 0.660. The number of aromatic carboxylic acids is 1. The van der Waals surface area contributed by atoms with Crippen LogP contribution in [0.2, 0.25) is 19.6 Å². The third kappa shape index (κ3) is 1.50. The van der Waals surface area contributed by atoms with Gasteiger partial charge >= 0.3 is 5.97 Å². The lowest BCUT2D eigenvalue weighted by Crippen LogP contribution is -2.36. The van der Waals surface area contributed by atoms with E-state index in [1.54, 1.807) is 0 Å². The van der Waals surface area contributed by atoms with Gasteiger partial charge in [-0.2, -0.15) is 0 Å². The van der Waals surface area contributed by atoms with Crippen LogP contribution >= 0.6 is 0 Å². The molecule has 0 fully saturated rings. The molecule has 0 aliphatic heterocycles. The summed E-state index contributed by atoms with van der Waals surface area (Å²) in [5.41, 5.74) is 0. The zero-order chi connectivity index (χ0) is 9.35. The fourth-order valence-corrected chi connectivity index (χ4v) is 1.86. The summed E-state index contributed by atoms with van der Waals surface area (Å²) < 4.78 is 1.41. The van der Waals surface area contributed by atoms with Crippen molar-refractivity contribution in [3.8, 4) is 0 Å². The van der Waals surface area contributed by atoms with Gasteiger partial charge in [0.1, 0.15) is 0 Å². The summed E-state index contributed by atoms with van der Waals surface area (Å²) in [5.74, 6) is -1.16. The fraction of sp³-hybridized carbons (Fsp3) is 0.600. The van der Waals surface area contributed by atoms with Crippen LogP contribution in [0.15, 0.2) is 0 Å². The molecular formula is C5H10N4O2Si. The molecule has 0 saturated heterocycles. The summed E-state index contributed by atoms with van der Waals surface area (Å²) in [6.07, 6.45) is 0. The number of hydrogen-bond acceptors (Lipinski definition) is 4. The van der Waals surface area contributed by atoms with Gasteiger partial charge in [0.25, 0.3) is 5.82 Å². The van der Waals surface area contributed by atoms with E-state index >= 15 is 0 Å². The minimum absolute atomic E-state index is 0.0748. The molecule has 0 atom stereocenters. The van der Waals surface area contributed by atoms with E-state index in [-0.39, 0.29) is 5.82 Å². The maximum absolute atomic E-state index is 10.6. The number of carbonyl (C=O) groups is 1. The lowest BCUT2D eigenvalue weighted by molar-refractivity contribution is 0.0681. The summed E-state index contributed by atoms with van der Waals surface area (Å²) in [6.45, 7) is 5.90. The first-order valence-corrected chi connectivity index (χ1v) is 6.90. The van der Waals surface area contributed by atoms with Crippen molar-refractivity contribution >= 4 is 14.2 Å². The maximum Gasteiger partial charge on any atom is 0.374 e. The molecule has 66 valence electrons. The van der Waals surface area contributed by atoms with Crippen LogP contribution in [0.1, 0.15) is 10.6 Å². The Morgan fingerprint density at radius 3 is 2.42 bits per heavy atom. The van der Waals surface area contributed by atoms with Crippen molar-refractivity contribution in [1.29, 1.82) is 0 Å². The average molecular weight is 186 g/mol. The highest BCUT2D eigenvalue weighted by Crippen LogP contribution is 2.05. The second kappa shape index (κ2) is 2.66. The second-order valence-corrected chi connectivity index (χ2v) is 8.16.